The molecule has 0 aliphatic carbocycles. The summed E-state index contributed by atoms with van der Waals surface area (Å²) in [6.07, 6.45) is 14.7. The van der Waals surface area contributed by atoms with Crippen LogP contribution in [0.5, 0.6) is 0 Å². The summed E-state index contributed by atoms with van der Waals surface area (Å²) in [4.78, 5) is 26.4. The maximum Gasteiger partial charge on any atom is 0.252 e. The Kier molecular flexibility index (Phi) is 11.8. The number of aryl methyl sites for hydroxylation is 1. The van der Waals surface area contributed by atoms with E-state index in [1.54, 1.807) is 18.3 Å². The molecule has 0 atom stereocenters. The van der Waals surface area contributed by atoms with Crippen molar-refractivity contribution in [1.29, 1.82) is 0 Å². The van der Waals surface area contributed by atoms with Gasteiger partial charge in [0, 0.05) is 35.6 Å². The average Bonchev–Trinajstić information content (AvgIpc) is 3.14. The van der Waals surface area contributed by atoms with Gasteiger partial charge in [-0.1, -0.05) is 45.9 Å². The van der Waals surface area contributed by atoms with Gasteiger partial charge in [0.15, 0.2) is 5.78 Å². The van der Waals surface area contributed by atoms with Crippen molar-refractivity contribution in [3.05, 3.63) is 69.9 Å². The lowest BCUT2D eigenvalue weighted by Gasteiger charge is -2.24. The Morgan fingerprint density at radius 1 is 1.20 bits per heavy atom. The summed E-state index contributed by atoms with van der Waals surface area (Å²) in [6.45, 7) is 14.4. The molecule has 1 aromatic heterocycles. The van der Waals surface area contributed by atoms with Crippen LogP contribution in [0.4, 0.5) is 0 Å². The predicted molar refractivity (Wildman–Crippen MR) is 129 cm³/mol. The summed E-state index contributed by atoms with van der Waals surface area (Å²) in [7, 11) is 0. The molecule has 164 valence electrons. The lowest BCUT2D eigenvalue weighted by Crippen LogP contribution is -2.23. The molecular weight excluding hydrogens is 392 g/mol. The Hall–Kier alpha value is -2.40. The highest BCUT2D eigenvalue weighted by Crippen LogP contribution is 2.25. The van der Waals surface area contributed by atoms with E-state index in [0.717, 1.165) is 36.9 Å². The molecule has 0 spiro atoms. The molecule has 0 aromatic carbocycles. The summed E-state index contributed by atoms with van der Waals surface area (Å²) >= 11 is 1.72. The van der Waals surface area contributed by atoms with E-state index in [9.17, 15) is 9.59 Å². The fourth-order valence-corrected chi connectivity index (χ4v) is 4.14. The lowest BCUT2D eigenvalue weighted by atomic mass is 10.0. The Morgan fingerprint density at radius 3 is 2.47 bits per heavy atom. The standard InChI is InChI=1S/C13H21NOS.C12H15NO/c1-4-7-8-10-11(13(15)14-6-3)9-16-12(10)5-2;1-4-7-12(11(3)14)13-9-6-5-8-10(13)2/h9H,4-8H2,1-3H3,(H,14,15);5-9H,2,4H2,1,3H3/b;12-7-. The van der Waals surface area contributed by atoms with E-state index in [2.05, 4.69) is 25.7 Å². The minimum atomic E-state index is 0.0629. The van der Waals surface area contributed by atoms with Crippen molar-refractivity contribution in [3.8, 4) is 0 Å². The van der Waals surface area contributed by atoms with E-state index in [1.165, 1.54) is 16.9 Å². The maximum absolute atomic E-state index is 11.9. The Balaban J connectivity index is 0.000000303. The molecule has 0 bridgehead atoms. The maximum atomic E-state index is 11.9. The highest BCUT2D eigenvalue weighted by molar-refractivity contribution is 7.10. The number of carbonyl (C=O) groups is 2. The van der Waals surface area contributed by atoms with Gasteiger partial charge < -0.3 is 10.2 Å². The fraction of sp³-hybridized carbons (Fsp3) is 0.440. The molecule has 2 heterocycles. The van der Waals surface area contributed by atoms with Gasteiger partial charge in [0.1, 0.15) is 0 Å². The van der Waals surface area contributed by atoms with Crippen LogP contribution in [0, 0.1) is 0 Å². The normalized spacial score (nSPS) is 13.2. The van der Waals surface area contributed by atoms with Crippen LogP contribution in [0.3, 0.4) is 0 Å². The molecule has 1 N–H and O–H groups in total. The largest absolute Gasteiger partial charge is 0.352 e. The van der Waals surface area contributed by atoms with Crippen molar-refractivity contribution in [2.75, 3.05) is 6.54 Å². The number of amides is 1. The van der Waals surface area contributed by atoms with Crippen LogP contribution in [-0.2, 0) is 17.6 Å². The molecule has 2 rings (SSSR count). The number of ketones is 1. The number of nitrogens with zero attached hydrogens (tertiary/aromatic N) is 1. The first-order chi connectivity index (χ1) is 14.4. The van der Waals surface area contributed by atoms with Crippen molar-refractivity contribution in [3.63, 3.8) is 0 Å². The molecule has 0 radical (unpaired) electrons. The third-order valence-electron chi connectivity index (χ3n) is 4.63. The summed E-state index contributed by atoms with van der Waals surface area (Å²) in [6, 6.07) is 0. The summed E-state index contributed by atoms with van der Waals surface area (Å²) < 4.78 is 0. The summed E-state index contributed by atoms with van der Waals surface area (Å²) in [5, 5.41) is 4.89. The first-order valence-electron chi connectivity index (χ1n) is 10.8. The van der Waals surface area contributed by atoms with Crippen LogP contribution >= 0.6 is 11.3 Å². The average molecular weight is 429 g/mol. The monoisotopic (exact) mass is 428 g/mol. The topological polar surface area (TPSA) is 49.4 Å². The van der Waals surface area contributed by atoms with Gasteiger partial charge in [0.05, 0.1) is 11.3 Å². The smallest absolute Gasteiger partial charge is 0.252 e. The number of allylic oxidation sites excluding steroid dienone is 5. The molecule has 1 amide bonds. The molecule has 5 heteroatoms. The zero-order chi connectivity index (χ0) is 22.5. The number of rotatable bonds is 9. The van der Waals surface area contributed by atoms with Gasteiger partial charge in [-0.05, 0) is 50.3 Å². The second-order valence-electron chi connectivity index (χ2n) is 6.98. The second-order valence-corrected chi connectivity index (χ2v) is 7.95. The van der Waals surface area contributed by atoms with E-state index in [-0.39, 0.29) is 11.7 Å². The number of Topliss-reactive ketones (excluding diaryl/α,β-unsaturated/α-hetero) is 1. The Morgan fingerprint density at radius 2 is 1.93 bits per heavy atom. The first kappa shape index (κ1) is 25.6. The molecule has 1 aliphatic rings. The number of hydrogen-bond acceptors (Lipinski definition) is 4. The molecule has 0 saturated carbocycles. The van der Waals surface area contributed by atoms with Gasteiger partial charge >= 0.3 is 0 Å². The Bertz CT molecular complexity index is 815. The predicted octanol–water partition coefficient (Wildman–Crippen LogP) is 6.17. The van der Waals surface area contributed by atoms with Crippen molar-refractivity contribution >= 4 is 23.0 Å². The molecule has 0 saturated heterocycles. The Labute approximate surface area is 186 Å². The first-order valence-corrected chi connectivity index (χ1v) is 11.7. The van der Waals surface area contributed by atoms with E-state index in [4.69, 9.17) is 0 Å². The van der Waals surface area contributed by atoms with Crippen LogP contribution < -0.4 is 5.32 Å². The van der Waals surface area contributed by atoms with Crippen molar-refractivity contribution in [2.45, 2.75) is 66.7 Å². The van der Waals surface area contributed by atoms with Crippen LogP contribution in [0.1, 0.15) is 74.7 Å². The highest BCUT2D eigenvalue weighted by Gasteiger charge is 2.15. The molecular formula is C25H36N2O2S. The number of hydrogen-bond donors (Lipinski definition) is 1. The van der Waals surface area contributed by atoms with Crippen LogP contribution in [-0.4, -0.2) is 23.1 Å². The molecule has 0 unspecified atom stereocenters. The van der Waals surface area contributed by atoms with Gasteiger partial charge in [0.2, 0.25) is 0 Å². The fourth-order valence-electron chi connectivity index (χ4n) is 3.11. The van der Waals surface area contributed by atoms with E-state index in [0.29, 0.717) is 12.2 Å². The lowest BCUT2D eigenvalue weighted by molar-refractivity contribution is -0.114. The van der Waals surface area contributed by atoms with Crippen molar-refractivity contribution < 1.29 is 9.59 Å². The van der Waals surface area contributed by atoms with Crippen LogP contribution in [0.15, 0.2) is 53.9 Å². The highest BCUT2D eigenvalue weighted by atomic mass is 32.1. The second kappa shape index (κ2) is 13.8. The SMILES string of the molecule is C=C1C=CC=CN1/C(=C\CC)C(C)=O.CCCCc1c(C(=O)NCC)csc1CC. The number of unbranched alkanes of at least 4 members (excludes halogenated alkanes) is 1. The molecule has 4 nitrogen and oxygen atoms in total. The summed E-state index contributed by atoms with van der Waals surface area (Å²) in [5.41, 5.74) is 3.69. The minimum Gasteiger partial charge on any atom is -0.352 e. The van der Waals surface area contributed by atoms with E-state index < -0.39 is 0 Å². The van der Waals surface area contributed by atoms with Crippen LogP contribution in [0.2, 0.25) is 0 Å². The van der Waals surface area contributed by atoms with E-state index >= 15 is 0 Å². The molecule has 1 aromatic rings. The zero-order valence-electron chi connectivity index (χ0n) is 19.1. The molecule has 0 fully saturated rings. The zero-order valence-corrected chi connectivity index (χ0v) is 19.9. The van der Waals surface area contributed by atoms with Gasteiger partial charge in [-0.25, -0.2) is 0 Å². The van der Waals surface area contributed by atoms with E-state index in [1.807, 2.05) is 54.6 Å². The van der Waals surface area contributed by atoms with Gasteiger partial charge in [-0.3, -0.25) is 9.59 Å². The third-order valence-corrected chi connectivity index (χ3v) is 5.80. The van der Waals surface area contributed by atoms with Crippen molar-refractivity contribution in [1.82, 2.24) is 10.2 Å². The molecule has 30 heavy (non-hydrogen) atoms. The van der Waals surface area contributed by atoms with Gasteiger partial charge in [-0.2, -0.15) is 0 Å². The molecule has 1 aliphatic heterocycles. The minimum absolute atomic E-state index is 0.0629. The van der Waals surface area contributed by atoms with Gasteiger partial charge in [0.25, 0.3) is 5.91 Å². The van der Waals surface area contributed by atoms with Gasteiger partial charge in [-0.15, -0.1) is 11.3 Å². The number of nitrogens with one attached hydrogen (secondary N) is 1. The van der Waals surface area contributed by atoms with Crippen LogP contribution in [0.25, 0.3) is 0 Å². The van der Waals surface area contributed by atoms with Crippen molar-refractivity contribution in [2.24, 2.45) is 0 Å². The quantitative estimate of drug-likeness (QED) is 0.478. The number of thiophene rings is 1. The summed E-state index contributed by atoms with van der Waals surface area (Å²) in [5.74, 6) is 0.150. The number of carbonyl (C=O) groups excluding carboxylic acids is 2. The third kappa shape index (κ3) is 7.45.